The van der Waals surface area contributed by atoms with Gasteiger partial charge in [0.15, 0.2) is 0 Å². The minimum atomic E-state index is -1.10. The van der Waals surface area contributed by atoms with Gasteiger partial charge in [-0.05, 0) is 13.3 Å². The van der Waals surface area contributed by atoms with Gasteiger partial charge in [0, 0.05) is 19.9 Å². The van der Waals surface area contributed by atoms with E-state index in [4.69, 9.17) is 5.11 Å². The van der Waals surface area contributed by atoms with Crippen molar-refractivity contribution in [3.8, 4) is 0 Å². The van der Waals surface area contributed by atoms with Gasteiger partial charge in [0.05, 0.1) is 0 Å². The van der Waals surface area contributed by atoms with Gasteiger partial charge in [-0.25, -0.2) is 0 Å². The van der Waals surface area contributed by atoms with Crippen LogP contribution in [0.2, 0.25) is 0 Å². The molecule has 0 aliphatic carbocycles. The van der Waals surface area contributed by atoms with E-state index in [2.05, 4.69) is 5.32 Å². The molecule has 0 rings (SSSR count). The Balaban J connectivity index is 3.64. The number of aliphatic carboxylic acids is 1. The van der Waals surface area contributed by atoms with Crippen molar-refractivity contribution in [3.05, 3.63) is 0 Å². The maximum absolute atomic E-state index is 11.1. The van der Waals surface area contributed by atoms with Gasteiger partial charge in [0.25, 0.3) is 0 Å². The molecule has 0 spiro atoms. The zero-order valence-corrected chi connectivity index (χ0v) is 8.37. The Labute approximate surface area is 82.5 Å². The molecule has 0 aromatic carbocycles. The predicted molar refractivity (Wildman–Crippen MR) is 49.7 cm³/mol. The maximum Gasteiger partial charge on any atom is 0.313 e. The summed E-state index contributed by atoms with van der Waals surface area (Å²) < 4.78 is 0. The molecule has 5 nitrogen and oxygen atoms in total. The summed E-state index contributed by atoms with van der Waals surface area (Å²) in [6, 6.07) is 0. The van der Waals surface area contributed by atoms with Crippen molar-refractivity contribution in [3.63, 3.8) is 0 Å². The molecule has 1 unspecified atom stereocenters. The third kappa shape index (κ3) is 5.29. The summed E-state index contributed by atoms with van der Waals surface area (Å²) in [7, 11) is 0. The van der Waals surface area contributed by atoms with Gasteiger partial charge < -0.3 is 10.4 Å². The highest BCUT2D eigenvalue weighted by atomic mass is 16.4. The molecule has 0 saturated heterocycles. The molecule has 0 fully saturated rings. The Morgan fingerprint density at radius 1 is 1.36 bits per heavy atom. The van der Waals surface area contributed by atoms with Gasteiger partial charge in [-0.2, -0.15) is 0 Å². The van der Waals surface area contributed by atoms with Crippen LogP contribution in [-0.4, -0.2) is 29.3 Å². The first-order valence-corrected chi connectivity index (χ1v) is 4.45. The van der Waals surface area contributed by atoms with Crippen LogP contribution < -0.4 is 5.32 Å². The third-order valence-electron chi connectivity index (χ3n) is 1.83. The van der Waals surface area contributed by atoms with Crippen molar-refractivity contribution in [2.45, 2.75) is 26.7 Å². The van der Waals surface area contributed by atoms with E-state index in [1.165, 1.54) is 13.8 Å². The van der Waals surface area contributed by atoms with E-state index in [0.717, 1.165) is 0 Å². The Morgan fingerprint density at radius 3 is 2.36 bits per heavy atom. The molecule has 0 radical (unpaired) electrons. The first-order valence-electron chi connectivity index (χ1n) is 4.45. The highest BCUT2D eigenvalue weighted by Gasteiger charge is 2.19. The van der Waals surface area contributed by atoms with Crippen molar-refractivity contribution >= 4 is 17.7 Å². The number of hydrogen-bond donors (Lipinski definition) is 2. The maximum atomic E-state index is 11.1. The summed E-state index contributed by atoms with van der Waals surface area (Å²) in [5.41, 5.74) is 0. The van der Waals surface area contributed by atoms with Gasteiger partial charge in [0.1, 0.15) is 11.7 Å². The monoisotopic (exact) mass is 201 g/mol. The van der Waals surface area contributed by atoms with Crippen LogP contribution in [0.1, 0.15) is 26.7 Å². The van der Waals surface area contributed by atoms with Crippen LogP contribution in [0.3, 0.4) is 0 Å². The lowest BCUT2D eigenvalue weighted by Crippen LogP contribution is -2.24. The highest BCUT2D eigenvalue weighted by Crippen LogP contribution is 2.02. The van der Waals surface area contributed by atoms with Gasteiger partial charge >= 0.3 is 5.97 Å². The quantitative estimate of drug-likeness (QED) is 0.474. The van der Waals surface area contributed by atoms with Crippen LogP contribution >= 0.6 is 0 Å². The van der Waals surface area contributed by atoms with Crippen molar-refractivity contribution in [2.75, 3.05) is 6.54 Å². The number of amides is 1. The lowest BCUT2D eigenvalue weighted by Gasteiger charge is -2.05. The molecule has 0 aromatic rings. The fourth-order valence-electron chi connectivity index (χ4n) is 0.881. The van der Waals surface area contributed by atoms with Crippen LogP contribution in [0.4, 0.5) is 0 Å². The number of ketones is 1. The van der Waals surface area contributed by atoms with Crippen molar-refractivity contribution < 1.29 is 19.5 Å². The Bertz CT molecular complexity index is 237. The first kappa shape index (κ1) is 12.6. The molecule has 0 aromatic heterocycles. The van der Waals surface area contributed by atoms with Crippen LogP contribution in [0.15, 0.2) is 0 Å². The molecule has 0 saturated carbocycles. The molecule has 2 N–H and O–H groups in total. The van der Waals surface area contributed by atoms with E-state index in [1.807, 2.05) is 0 Å². The SMILES string of the molecule is CC(=O)NCCCC(=O)C(C)C(=O)O. The van der Waals surface area contributed by atoms with Crippen LogP contribution in [0, 0.1) is 5.92 Å². The third-order valence-corrected chi connectivity index (χ3v) is 1.83. The standard InChI is InChI=1S/C9H15NO4/c1-6(9(13)14)8(12)4-3-5-10-7(2)11/h6H,3-5H2,1-2H3,(H,10,11)(H,13,14). The summed E-state index contributed by atoms with van der Waals surface area (Å²) in [5.74, 6) is -2.51. The summed E-state index contributed by atoms with van der Waals surface area (Å²) in [6.45, 7) is 3.16. The molecule has 80 valence electrons. The molecule has 0 heterocycles. The number of rotatable bonds is 6. The Morgan fingerprint density at radius 2 is 1.93 bits per heavy atom. The molecule has 1 atom stereocenters. The Hall–Kier alpha value is -1.39. The average molecular weight is 201 g/mol. The van der Waals surface area contributed by atoms with Gasteiger partial charge in [-0.3, -0.25) is 14.4 Å². The van der Waals surface area contributed by atoms with Gasteiger partial charge in [-0.15, -0.1) is 0 Å². The normalized spacial score (nSPS) is 11.9. The molecular weight excluding hydrogens is 186 g/mol. The summed E-state index contributed by atoms with van der Waals surface area (Å²) in [6.07, 6.45) is 0.670. The minimum absolute atomic E-state index is 0.149. The van der Waals surface area contributed by atoms with E-state index < -0.39 is 11.9 Å². The number of hydrogen-bond acceptors (Lipinski definition) is 3. The van der Waals surface area contributed by atoms with Crippen molar-refractivity contribution in [1.82, 2.24) is 5.32 Å². The number of Topliss-reactive ketones (excluding diaryl/α,β-unsaturated/α-hetero) is 1. The fourth-order valence-corrected chi connectivity index (χ4v) is 0.881. The van der Waals surface area contributed by atoms with E-state index >= 15 is 0 Å². The molecule has 14 heavy (non-hydrogen) atoms. The largest absolute Gasteiger partial charge is 0.481 e. The number of carboxylic acids is 1. The number of carboxylic acid groups (broad SMARTS) is 1. The smallest absolute Gasteiger partial charge is 0.313 e. The lowest BCUT2D eigenvalue weighted by atomic mass is 10.0. The summed E-state index contributed by atoms with van der Waals surface area (Å²) in [4.78, 5) is 32.0. The second-order valence-corrected chi connectivity index (χ2v) is 3.11. The Kier molecular flexibility index (Phi) is 5.52. The minimum Gasteiger partial charge on any atom is -0.481 e. The van der Waals surface area contributed by atoms with E-state index in [0.29, 0.717) is 13.0 Å². The predicted octanol–water partition coefficient (Wildman–Crippen LogP) is 0.192. The van der Waals surface area contributed by atoms with Crippen LogP contribution in [0.25, 0.3) is 0 Å². The topological polar surface area (TPSA) is 83.5 Å². The summed E-state index contributed by atoms with van der Waals surface area (Å²) in [5, 5.41) is 11.0. The van der Waals surface area contributed by atoms with E-state index in [9.17, 15) is 14.4 Å². The molecule has 0 aliphatic rings. The van der Waals surface area contributed by atoms with E-state index in [1.54, 1.807) is 0 Å². The zero-order valence-electron chi connectivity index (χ0n) is 8.37. The highest BCUT2D eigenvalue weighted by molar-refractivity contribution is 5.97. The molecule has 0 aliphatic heterocycles. The molecule has 0 bridgehead atoms. The molecular formula is C9H15NO4. The first-order chi connectivity index (χ1) is 6.45. The number of nitrogens with one attached hydrogen (secondary N) is 1. The van der Waals surface area contributed by atoms with Crippen LogP contribution in [-0.2, 0) is 14.4 Å². The zero-order chi connectivity index (χ0) is 11.1. The molecule has 1 amide bonds. The molecule has 5 heteroatoms. The van der Waals surface area contributed by atoms with E-state index in [-0.39, 0.29) is 18.1 Å². The van der Waals surface area contributed by atoms with Gasteiger partial charge in [-0.1, -0.05) is 0 Å². The number of carbonyl (C=O) groups is 3. The van der Waals surface area contributed by atoms with Crippen molar-refractivity contribution in [2.24, 2.45) is 5.92 Å². The lowest BCUT2D eigenvalue weighted by molar-refractivity contribution is -0.145. The summed E-state index contributed by atoms with van der Waals surface area (Å²) >= 11 is 0. The second-order valence-electron chi connectivity index (χ2n) is 3.11. The van der Waals surface area contributed by atoms with Gasteiger partial charge in [0.2, 0.25) is 5.91 Å². The average Bonchev–Trinajstić information content (AvgIpc) is 2.10. The fraction of sp³-hybridized carbons (Fsp3) is 0.667. The second kappa shape index (κ2) is 6.12. The van der Waals surface area contributed by atoms with Crippen LogP contribution in [0.5, 0.6) is 0 Å². The number of carbonyl (C=O) groups excluding carboxylic acids is 2. The van der Waals surface area contributed by atoms with Crippen molar-refractivity contribution in [1.29, 1.82) is 0 Å².